The molecule has 0 atom stereocenters. The topological polar surface area (TPSA) is 75.7 Å². The molecule has 140 valence electrons. The van der Waals surface area contributed by atoms with Gasteiger partial charge in [0.15, 0.2) is 0 Å². The molecule has 0 saturated carbocycles. The minimum absolute atomic E-state index is 0.153. The van der Waals surface area contributed by atoms with E-state index < -0.39 is 0 Å². The van der Waals surface area contributed by atoms with Crippen molar-refractivity contribution in [2.45, 2.75) is 19.3 Å². The zero-order valence-corrected chi connectivity index (χ0v) is 14.6. The Morgan fingerprint density at radius 1 is 1.04 bits per heavy atom. The first-order valence-corrected chi connectivity index (χ1v) is 8.68. The quantitative estimate of drug-likeness (QED) is 0.601. The molecule has 0 bridgehead atoms. The molecular formula is C20H19FN2O4. The number of rotatable bonds is 7. The minimum atomic E-state index is -0.388. The number of hydrogen-bond acceptors (Lipinski definition) is 4. The summed E-state index contributed by atoms with van der Waals surface area (Å²) in [6.45, 7) is 0.676. The Labute approximate surface area is 155 Å². The number of carbonyl (C=O) groups is 3. The predicted molar refractivity (Wildman–Crippen MR) is 95.8 cm³/mol. The van der Waals surface area contributed by atoms with Crippen molar-refractivity contribution < 1.29 is 23.5 Å². The first-order valence-electron chi connectivity index (χ1n) is 8.68. The van der Waals surface area contributed by atoms with Crippen molar-refractivity contribution in [3.8, 4) is 11.5 Å². The van der Waals surface area contributed by atoms with Crippen molar-refractivity contribution >= 4 is 17.7 Å². The van der Waals surface area contributed by atoms with Crippen LogP contribution >= 0.6 is 0 Å². The number of likely N-dealkylation sites (tertiary alicyclic amines) is 1. The molecule has 0 spiro atoms. The van der Waals surface area contributed by atoms with Crippen molar-refractivity contribution in [1.29, 1.82) is 0 Å². The maximum atomic E-state index is 13.2. The van der Waals surface area contributed by atoms with Gasteiger partial charge in [-0.05, 0) is 42.8 Å². The largest absolute Gasteiger partial charge is 0.457 e. The number of ether oxygens (including phenoxy) is 1. The molecule has 27 heavy (non-hydrogen) atoms. The molecule has 0 aliphatic carbocycles. The van der Waals surface area contributed by atoms with Crippen LogP contribution in [0.2, 0.25) is 0 Å². The fourth-order valence-corrected chi connectivity index (χ4v) is 2.75. The molecule has 1 fully saturated rings. The fraction of sp³-hybridized carbons (Fsp3) is 0.250. The lowest BCUT2D eigenvalue weighted by molar-refractivity contribution is -0.138. The average Bonchev–Trinajstić information content (AvgIpc) is 2.97. The summed E-state index contributed by atoms with van der Waals surface area (Å²) < 4.78 is 18.7. The molecule has 1 aliphatic heterocycles. The van der Waals surface area contributed by atoms with Crippen LogP contribution in [0, 0.1) is 5.82 Å². The summed E-state index contributed by atoms with van der Waals surface area (Å²) in [7, 11) is 0. The first kappa shape index (κ1) is 18.6. The van der Waals surface area contributed by atoms with Crippen LogP contribution in [0.5, 0.6) is 11.5 Å². The first-order chi connectivity index (χ1) is 13.0. The van der Waals surface area contributed by atoms with Gasteiger partial charge in [0.05, 0.1) is 0 Å². The van der Waals surface area contributed by atoms with Crippen LogP contribution in [0.25, 0.3) is 0 Å². The normalized spacial score (nSPS) is 13.7. The predicted octanol–water partition coefficient (Wildman–Crippen LogP) is 2.89. The highest BCUT2D eigenvalue weighted by Crippen LogP contribution is 2.22. The summed E-state index contributed by atoms with van der Waals surface area (Å²) in [5.74, 6) is -0.0888. The van der Waals surface area contributed by atoms with E-state index >= 15 is 0 Å². The van der Waals surface area contributed by atoms with Gasteiger partial charge in [-0.25, -0.2) is 4.39 Å². The number of nitrogens with zero attached hydrogens (tertiary/aromatic N) is 1. The van der Waals surface area contributed by atoms with Gasteiger partial charge in [0.1, 0.15) is 17.3 Å². The SMILES string of the molecule is O=C(NCCCN1C(=O)CCC1=O)c1ccc(Oc2cccc(F)c2)cc1. The zero-order chi connectivity index (χ0) is 19.2. The van der Waals surface area contributed by atoms with E-state index in [4.69, 9.17) is 4.74 Å². The van der Waals surface area contributed by atoms with Gasteiger partial charge >= 0.3 is 0 Å². The summed E-state index contributed by atoms with van der Waals surface area (Å²) in [6, 6.07) is 12.3. The number of amides is 3. The molecule has 1 aliphatic rings. The molecule has 3 amide bonds. The maximum absolute atomic E-state index is 13.2. The van der Waals surface area contributed by atoms with E-state index in [0.29, 0.717) is 36.6 Å². The lowest BCUT2D eigenvalue weighted by atomic mass is 10.2. The Hall–Kier alpha value is -3.22. The number of imide groups is 1. The Bertz CT molecular complexity index is 835. The molecular weight excluding hydrogens is 351 g/mol. The molecule has 7 heteroatoms. The van der Waals surface area contributed by atoms with E-state index in [9.17, 15) is 18.8 Å². The summed E-state index contributed by atoms with van der Waals surface area (Å²) >= 11 is 0. The van der Waals surface area contributed by atoms with Crippen molar-refractivity contribution in [2.75, 3.05) is 13.1 Å². The number of benzene rings is 2. The summed E-state index contributed by atoms with van der Waals surface area (Å²) in [4.78, 5) is 36.4. The Morgan fingerprint density at radius 2 is 1.74 bits per heavy atom. The smallest absolute Gasteiger partial charge is 0.251 e. The number of nitrogens with one attached hydrogen (secondary N) is 1. The molecule has 0 aromatic heterocycles. The monoisotopic (exact) mass is 370 g/mol. The molecule has 2 aromatic carbocycles. The fourth-order valence-electron chi connectivity index (χ4n) is 2.75. The van der Waals surface area contributed by atoms with E-state index in [1.807, 2.05) is 0 Å². The Kier molecular flexibility index (Phi) is 5.80. The molecule has 3 rings (SSSR count). The third-order valence-corrected chi connectivity index (χ3v) is 4.15. The van der Waals surface area contributed by atoms with E-state index in [2.05, 4.69) is 5.32 Å². The van der Waals surface area contributed by atoms with Gasteiger partial charge in [-0.15, -0.1) is 0 Å². The van der Waals surface area contributed by atoms with Crippen LogP contribution in [0.3, 0.4) is 0 Å². The van der Waals surface area contributed by atoms with Crippen LogP contribution in [-0.2, 0) is 9.59 Å². The summed E-state index contributed by atoms with van der Waals surface area (Å²) in [6.07, 6.45) is 1.05. The van der Waals surface area contributed by atoms with Crippen LogP contribution < -0.4 is 10.1 Å². The van der Waals surface area contributed by atoms with Crippen molar-refractivity contribution in [3.05, 3.63) is 59.9 Å². The molecule has 0 unspecified atom stereocenters. The molecule has 6 nitrogen and oxygen atoms in total. The lowest BCUT2D eigenvalue weighted by Crippen LogP contribution is -2.33. The van der Waals surface area contributed by atoms with Gasteiger partial charge in [0.25, 0.3) is 5.91 Å². The van der Waals surface area contributed by atoms with Gasteiger partial charge in [-0.1, -0.05) is 6.07 Å². The second-order valence-electron chi connectivity index (χ2n) is 6.13. The highest BCUT2D eigenvalue weighted by Gasteiger charge is 2.27. The number of carbonyl (C=O) groups excluding carboxylic acids is 3. The van der Waals surface area contributed by atoms with Crippen molar-refractivity contribution in [2.24, 2.45) is 0 Å². The van der Waals surface area contributed by atoms with Crippen molar-refractivity contribution in [3.63, 3.8) is 0 Å². The van der Waals surface area contributed by atoms with Gasteiger partial charge in [0, 0.05) is 37.6 Å². The third-order valence-electron chi connectivity index (χ3n) is 4.15. The standard InChI is InChI=1S/C20H19FN2O4/c21-15-3-1-4-17(13-15)27-16-7-5-14(6-8-16)20(26)22-11-2-12-23-18(24)9-10-19(23)25/h1,3-8,13H,2,9-12H2,(H,22,26). The van der Waals surface area contributed by atoms with Crippen LogP contribution in [0.15, 0.2) is 48.5 Å². The lowest BCUT2D eigenvalue weighted by Gasteiger charge is -2.13. The van der Waals surface area contributed by atoms with Crippen molar-refractivity contribution in [1.82, 2.24) is 10.2 Å². The Balaban J connectivity index is 1.46. The molecule has 1 heterocycles. The molecule has 1 saturated heterocycles. The van der Waals surface area contributed by atoms with E-state index in [-0.39, 0.29) is 36.4 Å². The second kappa shape index (κ2) is 8.44. The molecule has 2 aromatic rings. The van der Waals surface area contributed by atoms with E-state index in [1.165, 1.54) is 17.0 Å². The van der Waals surface area contributed by atoms with Crippen LogP contribution in [-0.4, -0.2) is 35.7 Å². The van der Waals surface area contributed by atoms with Crippen LogP contribution in [0.4, 0.5) is 4.39 Å². The van der Waals surface area contributed by atoms with Crippen LogP contribution in [0.1, 0.15) is 29.6 Å². The Morgan fingerprint density at radius 3 is 2.41 bits per heavy atom. The van der Waals surface area contributed by atoms with E-state index in [1.54, 1.807) is 36.4 Å². The molecule has 0 radical (unpaired) electrons. The summed E-state index contributed by atoms with van der Waals surface area (Å²) in [5, 5.41) is 2.75. The molecule has 1 N–H and O–H groups in total. The summed E-state index contributed by atoms with van der Waals surface area (Å²) in [5.41, 5.74) is 0.454. The minimum Gasteiger partial charge on any atom is -0.457 e. The average molecular weight is 370 g/mol. The van der Waals surface area contributed by atoms with Gasteiger partial charge in [0.2, 0.25) is 11.8 Å². The van der Waals surface area contributed by atoms with Gasteiger partial charge in [-0.3, -0.25) is 19.3 Å². The highest BCUT2D eigenvalue weighted by molar-refractivity contribution is 6.01. The number of halogens is 1. The van der Waals surface area contributed by atoms with Gasteiger partial charge in [-0.2, -0.15) is 0 Å². The third kappa shape index (κ3) is 4.91. The second-order valence-corrected chi connectivity index (χ2v) is 6.13. The highest BCUT2D eigenvalue weighted by atomic mass is 19.1. The number of hydrogen-bond donors (Lipinski definition) is 1. The maximum Gasteiger partial charge on any atom is 0.251 e. The zero-order valence-electron chi connectivity index (χ0n) is 14.6. The van der Waals surface area contributed by atoms with E-state index in [0.717, 1.165) is 0 Å². The van der Waals surface area contributed by atoms with Gasteiger partial charge < -0.3 is 10.1 Å².